The molecule has 0 aromatic heterocycles. The summed E-state index contributed by atoms with van der Waals surface area (Å²) in [7, 11) is 3.94. The van der Waals surface area contributed by atoms with Crippen molar-refractivity contribution >= 4 is 14.6 Å². The normalized spacial score (nSPS) is 16.7. The standard InChI is InChI=1S/C7H16NO2P/c1-7(8-2,5-11-4)6(9)10-3/h8,11H,5H2,1-4H3. The van der Waals surface area contributed by atoms with Gasteiger partial charge in [0.1, 0.15) is 5.54 Å². The van der Waals surface area contributed by atoms with Crippen LogP contribution in [-0.2, 0) is 9.53 Å². The smallest absolute Gasteiger partial charge is 0.326 e. The number of likely N-dealkylation sites (N-methyl/N-ethyl adjacent to an activating group) is 1. The summed E-state index contributed by atoms with van der Waals surface area (Å²) in [6, 6.07) is 0. The third kappa shape index (κ3) is 2.76. The highest BCUT2D eigenvalue weighted by molar-refractivity contribution is 7.37. The fraction of sp³-hybridized carbons (Fsp3) is 0.857. The van der Waals surface area contributed by atoms with Crippen LogP contribution in [0, 0.1) is 0 Å². The molecule has 0 fully saturated rings. The molecule has 0 aromatic carbocycles. The molecule has 0 radical (unpaired) electrons. The van der Waals surface area contributed by atoms with Gasteiger partial charge in [-0.05, 0) is 26.8 Å². The first-order valence-electron chi connectivity index (χ1n) is 3.52. The van der Waals surface area contributed by atoms with E-state index in [-0.39, 0.29) is 5.97 Å². The number of hydrogen-bond acceptors (Lipinski definition) is 3. The molecule has 0 aliphatic heterocycles. The third-order valence-electron chi connectivity index (χ3n) is 1.72. The fourth-order valence-electron chi connectivity index (χ4n) is 0.841. The van der Waals surface area contributed by atoms with E-state index < -0.39 is 5.54 Å². The number of carbonyl (C=O) groups is 1. The summed E-state index contributed by atoms with van der Waals surface area (Å²) in [5, 5.41) is 2.96. The van der Waals surface area contributed by atoms with Crippen molar-refractivity contribution in [3.63, 3.8) is 0 Å². The minimum Gasteiger partial charge on any atom is -0.468 e. The molecule has 2 unspecified atom stereocenters. The van der Waals surface area contributed by atoms with Crippen molar-refractivity contribution in [2.75, 3.05) is 27.0 Å². The van der Waals surface area contributed by atoms with Crippen molar-refractivity contribution in [3.8, 4) is 0 Å². The van der Waals surface area contributed by atoms with E-state index >= 15 is 0 Å². The molecule has 1 N–H and O–H groups in total. The molecule has 0 rings (SSSR count). The maximum Gasteiger partial charge on any atom is 0.326 e. The Balaban J connectivity index is 4.19. The van der Waals surface area contributed by atoms with Gasteiger partial charge >= 0.3 is 5.97 Å². The zero-order valence-electron chi connectivity index (χ0n) is 7.52. The summed E-state index contributed by atoms with van der Waals surface area (Å²) in [6.07, 6.45) is 0.830. The highest BCUT2D eigenvalue weighted by Crippen LogP contribution is 2.15. The Kier molecular flexibility index (Phi) is 4.62. The second-order valence-electron chi connectivity index (χ2n) is 2.60. The summed E-state index contributed by atoms with van der Waals surface area (Å²) in [4.78, 5) is 11.2. The Morgan fingerprint density at radius 2 is 2.27 bits per heavy atom. The lowest BCUT2D eigenvalue weighted by Gasteiger charge is -2.25. The summed E-state index contributed by atoms with van der Waals surface area (Å²) in [5.74, 6) is -0.186. The van der Waals surface area contributed by atoms with Gasteiger partial charge in [-0.1, -0.05) is 0 Å². The number of ether oxygens (including phenoxy) is 1. The quantitative estimate of drug-likeness (QED) is 0.500. The maximum absolute atomic E-state index is 11.2. The van der Waals surface area contributed by atoms with Gasteiger partial charge in [0.25, 0.3) is 0 Å². The lowest BCUT2D eigenvalue weighted by molar-refractivity contribution is -0.146. The molecule has 11 heavy (non-hydrogen) atoms. The molecular formula is C7H16NO2P. The van der Waals surface area contributed by atoms with E-state index in [1.807, 2.05) is 6.92 Å². The van der Waals surface area contributed by atoms with Gasteiger partial charge in [-0.2, -0.15) is 0 Å². The van der Waals surface area contributed by atoms with Gasteiger partial charge in [0, 0.05) is 0 Å². The van der Waals surface area contributed by atoms with Crippen molar-refractivity contribution in [3.05, 3.63) is 0 Å². The second-order valence-corrected chi connectivity index (χ2v) is 3.66. The van der Waals surface area contributed by atoms with E-state index in [1.54, 1.807) is 7.05 Å². The number of hydrogen-bond donors (Lipinski definition) is 1. The van der Waals surface area contributed by atoms with Crippen molar-refractivity contribution in [2.45, 2.75) is 12.5 Å². The van der Waals surface area contributed by atoms with E-state index in [1.165, 1.54) is 7.11 Å². The number of rotatable bonds is 4. The SMILES string of the molecule is CNC(C)(CPC)C(=O)OC. The van der Waals surface area contributed by atoms with Crippen LogP contribution in [0.25, 0.3) is 0 Å². The first-order chi connectivity index (χ1) is 5.10. The monoisotopic (exact) mass is 177 g/mol. The van der Waals surface area contributed by atoms with Crippen LogP contribution in [0.15, 0.2) is 0 Å². The van der Waals surface area contributed by atoms with Crippen LogP contribution >= 0.6 is 8.58 Å². The lowest BCUT2D eigenvalue weighted by Crippen LogP contribution is -2.50. The summed E-state index contributed by atoms with van der Waals surface area (Å²) < 4.78 is 4.66. The fourth-order valence-corrected chi connectivity index (χ4v) is 1.87. The van der Waals surface area contributed by atoms with Gasteiger partial charge < -0.3 is 10.1 Å². The molecule has 0 bridgehead atoms. The van der Waals surface area contributed by atoms with Crippen molar-refractivity contribution in [2.24, 2.45) is 0 Å². The zero-order chi connectivity index (χ0) is 8.91. The highest BCUT2D eigenvalue weighted by Gasteiger charge is 2.31. The molecule has 66 valence electrons. The van der Waals surface area contributed by atoms with Gasteiger partial charge in [0.15, 0.2) is 0 Å². The van der Waals surface area contributed by atoms with Gasteiger partial charge in [0.2, 0.25) is 0 Å². The van der Waals surface area contributed by atoms with Crippen LogP contribution in [0.5, 0.6) is 0 Å². The lowest BCUT2D eigenvalue weighted by atomic mass is 10.1. The van der Waals surface area contributed by atoms with Crippen molar-refractivity contribution < 1.29 is 9.53 Å². The van der Waals surface area contributed by atoms with E-state index in [2.05, 4.69) is 16.7 Å². The Labute approximate surface area is 69.7 Å². The van der Waals surface area contributed by atoms with Crippen LogP contribution < -0.4 is 5.32 Å². The minimum atomic E-state index is -0.498. The van der Waals surface area contributed by atoms with E-state index in [0.717, 1.165) is 14.7 Å². The van der Waals surface area contributed by atoms with Crippen LogP contribution in [0.3, 0.4) is 0 Å². The molecule has 0 heterocycles. The minimum absolute atomic E-state index is 0.186. The molecular weight excluding hydrogens is 161 g/mol. The van der Waals surface area contributed by atoms with E-state index in [0.29, 0.717) is 0 Å². The largest absolute Gasteiger partial charge is 0.468 e. The highest BCUT2D eigenvalue weighted by atomic mass is 31.1. The van der Waals surface area contributed by atoms with Crippen LogP contribution in [-0.4, -0.2) is 38.5 Å². The van der Waals surface area contributed by atoms with Crippen molar-refractivity contribution in [1.29, 1.82) is 0 Å². The molecule has 0 amide bonds. The Hall–Kier alpha value is -0.140. The maximum atomic E-state index is 11.2. The Morgan fingerprint density at radius 1 is 1.73 bits per heavy atom. The average Bonchev–Trinajstić information content (AvgIpc) is 2.03. The van der Waals surface area contributed by atoms with Crippen LogP contribution in [0.2, 0.25) is 0 Å². The van der Waals surface area contributed by atoms with E-state index in [4.69, 9.17) is 0 Å². The third-order valence-corrected chi connectivity index (χ3v) is 2.78. The summed E-state index contributed by atoms with van der Waals surface area (Å²) in [5.41, 5.74) is -0.498. The van der Waals surface area contributed by atoms with Crippen molar-refractivity contribution in [1.82, 2.24) is 5.32 Å². The molecule has 0 aliphatic rings. The Bertz CT molecular complexity index is 140. The molecule has 0 saturated carbocycles. The predicted octanol–water partition coefficient (Wildman–Crippen LogP) is 0.446. The molecule has 0 aromatic rings. The first kappa shape index (κ1) is 10.9. The van der Waals surface area contributed by atoms with Crippen LogP contribution in [0.1, 0.15) is 6.92 Å². The van der Waals surface area contributed by atoms with Gasteiger partial charge in [-0.25, -0.2) is 0 Å². The second kappa shape index (κ2) is 4.68. The number of methoxy groups -OCH3 is 1. The Morgan fingerprint density at radius 3 is 2.55 bits per heavy atom. The molecule has 0 saturated heterocycles. The van der Waals surface area contributed by atoms with Crippen LogP contribution in [0.4, 0.5) is 0 Å². The molecule has 4 heteroatoms. The predicted molar refractivity (Wildman–Crippen MR) is 48.6 cm³/mol. The topological polar surface area (TPSA) is 38.3 Å². The summed E-state index contributed by atoms with van der Waals surface area (Å²) >= 11 is 0. The number of nitrogens with one attached hydrogen (secondary N) is 1. The molecule has 3 nitrogen and oxygen atoms in total. The number of carbonyl (C=O) groups excluding carboxylic acids is 1. The van der Waals surface area contributed by atoms with Gasteiger partial charge in [-0.15, -0.1) is 8.58 Å². The van der Waals surface area contributed by atoms with E-state index in [9.17, 15) is 4.79 Å². The summed E-state index contributed by atoms with van der Waals surface area (Å²) in [6.45, 7) is 3.92. The molecule has 0 spiro atoms. The first-order valence-corrected chi connectivity index (χ1v) is 5.23. The zero-order valence-corrected chi connectivity index (χ0v) is 8.52. The van der Waals surface area contributed by atoms with Gasteiger partial charge in [0.05, 0.1) is 7.11 Å². The average molecular weight is 177 g/mol. The number of esters is 1. The molecule has 0 aliphatic carbocycles. The van der Waals surface area contributed by atoms with Gasteiger partial charge in [-0.3, -0.25) is 4.79 Å². The molecule has 2 atom stereocenters.